The third kappa shape index (κ3) is 5.26. The fourth-order valence-electron chi connectivity index (χ4n) is 3.42. The fraction of sp³-hybridized carbons (Fsp3) is 0.619. The molecule has 122 valence electrons. The Morgan fingerprint density at radius 1 is 1.09 bits per heavy atom. The molecule has 1 aromatic carbocycles. The zero-order chi connectivity index (χ0) is 15.8. The van der Waals surface area contributed by atoms with Crippen molar-refractivity contribution in [1.29, 1.82) is 0 Å². The number of halogens is 1. The molecule has 0 radical (unpaired) electrons. The molecule has 22 heavy (non-hydrogen) atoms. The molecule has 0 heterocycles. The molecule has 1 atom stereocenters. The lowest BCUT2D eigenvalue weighted by Crippen LogP contribution is -2.05. The van der Waals surface area contributed by atoms with E-state index in [0.717, 1.165) is 23.5 Å². The Morgan fingerprint density at radius 3 is 2.55 bits per heavy atom. The lowest BCUT2D eigenvalue weighted by molar-refractivity contribution is 0.423. The molecular weight excluding hydrogens is 271 g/mol. The van der Waals surface area contributed by atoms with Gasteiger partial charge in [-0.3, -0.25) is 0 Å². The minimum absolute atomic E-state index is 0.0763. The summed E-state index contributed by atoms with van der Waals surface area (Å²) in [7, 11) is 0. The standard InChI is InChI=1S/C21H31F/c1-3-4-5-6-7-8-9-18-11-14-19(15-12-18)20-13-10-17(2)21(22)16-20/h10,13-14,16,18H,3-9,11-12,15H2,1-2H3. The van der Waals surface area contributed by atoms with E-state index in [2.05, 4.69) is 19.1 Å². The minimum atomic E-state index is -0.0763. The minimum Gasteiger partial charge on any atom is -0.207 e. The predicted molar refractivity (Wildman–Crippen MR) is 94.4 cm³/mol. The Labute approximate surface area is 135 Å². The largest absolute Gasteiger partial charge is 0.207 e. The molecule has 0 aromatic heterocycles. The molecule has 0 fully saturated rings. The lowest BCUT2D eigenvalue weighted by Gasteiger charge is -2.22. The van der Waals surface area contributed by atoms with Crippen molar-refractivity contribution in [3.8, 4) is 0 Å². The highest BCUT2D eigenvalue weighted by Gasteiger charge is 2.15. The van der Waals surface area contributed by atoms with E-state index in [4.69, 9.17) is 0 Å². The van der Waals surface area contributed by atoms with Gasteiger partial charge in [0.15, 0.2) is 0 Å². The van der Waals surface area contributed by atoms with Crippen molar-refractivity contribution in [2.45, 2.75) is 78.1 Å². The van der Waals surface area contributed by atoms with E-state index in [1.165, 1.54) is 63.4 Å². The van der Waals surface area contributed by atoms with Crippen LogP contribution in [-0.4, -0.2) is 0 Å². The van der Waals surface area contributed by atoms with Crippen LogP contribution >= 0.6 is 0 Å². The van der Waals surface area contributed by atoms with Crippen LogP contribution in [0.2, 0.25) is 0 Å². The first-order valence-corrected chi connectivity index (χ1v) is 9.16. The Kier molecular flexibility index (Phi) is 7.15. The van der Waals surface area contributed by atoms with Gasteiger partial charge in [0, 0.05) is 0 Å². The van der Waals surface area contributed by atoms with Gasteiger partial charge in [-0.1, -0.05) is 70.1 Å². The third-order valence-electron chi connectivity index (χ3n) is 5.03. The van der Waals surface area contributed by atoms with Gasteiger partial charge in [-0.25, -0.2) is 4.39 Å². The highest BCUT2D eigenvalue weighted by molar-refractivity contribution is 5.66. The van der Waals surface area contributed by atoms with Crippen molar-refractivity contribution in [3.63, 3.8) is 0 Å². The number of unbranched alkanes of at least 4 members (excludes halogenated alkanes) is 5. The highest BCUT2D eigenvalue weighted by atomic mass is 19.1. The van der Waals surface area contributed by atoms with Crippen LogP contribution in [0, 0.1) is 18.7 Å². The predicted octanol–water partition coefficient (Wildman–Crippen LogP) is 7.07. The van der Waals surface area contributed by atoms with E-state index < -0.39 is 0 Å². The average Bonchev–Trinajstić information content (AvgIpc) is 2.54. The van der Waals surface area contributed by atoms with E-state index in [1.807, 2.05) is 13.0 Å². The van der Waals surface area contributed by atoms with Crippen LogP contribution in [0.4, 0.5) is 4.39 Å². The number of allylic oxidation sites excluding steroid dienone is 2. The zero-order valence-electron chi connectivity index (χ0n) is 14.3. The maximum atomic E-state index is 13.7. The van der Waals surface area contributed by atoms with Crippen LogP contribution in [0.5, 0.6) is 0 Å². The number of benzene rings is 1. The van der Waals surface area contributed by atoms with Gasteiger partial charge in [0.2, 0.25) is 0 Å². The molecule has 0 saturated carbocycles. The fourth-order valence-corrected chi connectivity index (χ4v) is 3.42. The van der Waals surface area contributed by atoms with E-state index in [-0.39, 0.29) is 5.82 Å². The van der Waals surface area contributed by atoms with Gasteiger partial charge < -0.3 is 0 Å². The van der Waals surface area contributed by atoms with Crippen molar-refractivity contribution in [1.82, 2.24) is 0 Å². The number of hydrogen-bond donors (Lipinski definition) is 0. The first-order valence-electron chi connectivity index (χ1n) is 9.16. The monoisotopic (exact) mass is 302 g/mol. The van der Waals surface area contributed by atoms with Gasteiger partial charge in [-0.05, 0) is 54.9 Å². The van der Waals surface area contributed by atoms with Crippen molar-refractivity contribution in [2.75, 3.05) is 0 Å². The second-order valence-corrected chi connectivity index (χ2v) is 6.89. The van der Waals surface area contributed by atoms with Crippen LogP contribution in [0.15, 0.2) is 24.3 Å². The Balaban J connectivity index is 1.74. The van der Waals surface area contributed by atoms with Crippen molar-refractivity contribution >= 4 is 5.57 Å². The third-order valence-corrected chi connectivity index (χ3v) is 5.03. The van der Waals surface area contributed by atoms with Gasteiger partial charge in [0.25, 0.3) is 0 Å². The number of rotatable bonds is 8. The Morgan fingerprint density at radius 2 is 1.86 bits per heavy atom. The van der Waals surface area contributed by atoms with Crippen molar-refractivity contribution in [2.24, 2.45) is 5.92 Å². The summed E-state index contributed by atoms with van der Waals surface area (Å²) in [5, 5.41) is 0. The summed E-state index contributed by atoms with van der Waals surface area (Å²) >= 11 is 0. The van der Waals surface area contributed by atoms with Crippen LogP contribution in [-0.2, 0) is 0 Å². The molecule has 0 bridgehead atoms. The van der Waals surface area contributed by atoms with Gasteiger partial charge in [-0.2, -0.15) is 0 Å². The molecule has 0 aliphatic heterocycles. The SMILES string of the molecule is CCCCCCCCC1CC=C(c2ccc(C)c(F)c2)CC1. The summed E-state index contributed by atoms with van der Waals surface area (Å²) in [6, 6.07) is 5.67. The smallest absolute Gasteiger partial charge is 0.126 e. The van der Waals surface area contributed by atoms with Crippen molar-refractivity contribution in [3.05, 3.63) is 41.2 Å². The number of aryl methyl sites for hydroxylation is 1. The second-order valence-electron chi connectivity index (χ2n) is 6.89. The molecule has 2 rings (SSSR count). The first kappa shape index (κ1) is 17.2. The van der Waals surface area contributed by atoms with Gasteiger partial charge >= 0.3 is 0 Å². The molecule has 0 nitrogen and oxygen atoms in total. The molecule has 0 N–H and O–H groups in total. The maximum Gasteiger partial charge on any atom is 0.126 e. The van der Waals surface area contributed by atoms with Gasteiger partial charge in [-0.15, -0.1) is 0 Å². The molecule has 1 aliphatic rings. The summed E-state index contributed by atoms with van der Waals surface area (Å²) < 4.78 is 13.7. The van der Waals surface area contributed by atoms with E-state index in [0.29, 0.717) is 0 Å². The molecule has 1 unspecified atom stereocenters. The van der Waals surface area contributed by atoms with Gasteiger partial charge in [0.05, 0.1) is 0 Å². The summed E-state index contributed by atoms with van der Waals surface area (Å²) in [5.74, 6) is 0.776. The van der Waals surface area contributed by atoms with Crippen LogP contribution < -0.4 is 0 Å². The summed E-state index contributed by atoms with van der Waals surface area (Å²) in [4.78, 5) is 0. The number of hydrogen-bond acceptors (Lipinski definition) is 0. The topological polar surface area (TPSA) is 0 Å². The van der Waals surface area contributed by atoms with Gasteiger partial charge in [0.1, 0.15) is 5.82 Å². The van der Waals surface area contributed by atoms with Crippen molar-refractivity contribution < 1.29 is 4.39 Å². The molecule has 1 heteroatoms. The van der Waals surface area contributed by atoms with Crippen LogP contribution in [0.1, 0.15) is 82.3 Å². The zero-order valence-corrected chi connectivity index (χ0v) is 14.3. The normalized spacial score (nSPS) is 18.3. The molecule has 0 amide bonds. The summed E-state index contributed by atoms with van der Waals surface area (Å²) in [6.45, 7) is 4.09. The molecule has 1 aromatic rings. The average molecular weight is 302 g/mol. The quantitative estimate of drug-likeness (QED) is 0.450. The maximum absolute atomic E-state index is 13.7. The Bertz CT molecular complexity index is 487. The van der Waals surface area contributed by atoms with Crippen LogP contribution in [0.3, 0.4) is 0 Å². The molecule has 1 aliphatic carbocycles. The van der Waals surface area contributed by atoms with E-state index >= 15 is 0 Å². The Hall–Kier alpha value is -1.11. The van der Waals surface area contributed by atoms with E-state index in [1.54, 1.807) is 6.07 Å². The molecular formula is C21H31F. The van der Waals surface area contributed by atoms with Crippen LogP contribution in [0.25, 0.3) is 5.57 Å². The summed E-state index contributed by atoms with van der Waals surface area (Å²) in [6.07, 6.45) is 15.6. The highest BCUT2D eigenvalue weighted by Crippen LogP contribution is 2.33. The lowest BCUT2D eigenvalue weighted by atomic mass is 9.83. The second kappa shape index (κ2) is 9.12. The van der Waals surface area contributed by atoms with E-state index in [9.17, 15) is 4.39 Å². The molecule has 0 spiro atoms. The summed E-state index contributed by atoms with van der Waals surface area (Å²) in [5.41, 5.74) is 3.17. The first-order chi connectivity index (χ1) is 10.7. The molecule has 0 saturated heterocycles.